The van der Waals surface area contributed by atoms with Gasteiger partial charge in [-0.1, -0.05) is 0 Å². The van der Waals surface area contributed by atoms with Gasteiger partial charge in [0.25, 0.3) is 0 Å². The average Bonchev–Trinajstić information content (AvgIpc) is 3.19. The summed E-state index contributed by atoms with van der Waals surface area (Å²) in [7, 11) is 0. The molecule has 1 atom stereocenters. The summed E-state index contributed by atoms with van der Waals surface area (Å²) < 4.78 is 7.28. The molecule has 0 bridgehead atoms. The van der Waals surface area contributed by atoms with Crippen LogP contribution in [0.3, 0.4) is 0 Å². The minimum atomic E-state index is -2.24. The first-order valence-corrected chi connectivity index (χ1v) is 17.0. The van der Waals surface area contributed by atoms with E-state index in [1.807, 2.05) is 0 Å². The largest absolute Gasteiger partial charge is 1.00 e. The first-order valence-electron chi connectivity index (χ1n) is 12.6. The summed E-state index contributed by atoms with van der Waals surface area (Å²) >= 11 is -2.24. The molecule has 0 amide bonds. The Bertz CT molecular complexity index is 1140. The standard InChI is InChI=1S/C21H25.C10H15.CH2.2ClH.Zr/c1-20(2,3)16-9-7-14-11-15-8-10-17(21(4,5)6)13-19(15)18(14)12-16;1-7(2)10-6-8(3)5-9(10)4;;;;/h7-13H,1-6H3;6-8H,1-4H3;1H2;2*1H;/q;;;;;+2/p-2. The number of benzene rings is 2. The van der Waals surface area contributed by atoms with Crippen molar-refractivity contribution in [2.75, 3.05) is 0 Å². The van der Waals surface area contributed by atoms with Gasteiger partial charge in [-0.15, -0.1) is 0 Å². The summed E-state index contributed by atoms with van der Waals surface area (Å²) in [6.45, 7) is 23.4. The Balaban J connectivity index is 0.00000216. The number of hydrogen-bond donors (Lipinski definition) is 0. The van der Waals surface area contributed by atoms with Crippen LogP contribution >= 0.6 is 0 Å². The summed E-state index contributed by atoms with van der Waals surface area (Å²) in [4.78, 5) is 0. The van der Waals surface area contributed by atoms with Crippen molar-refractivity contribution < 1.29 is 46.1 Å². The molecule has 0 N–H and O–H groups in total. The zero-order chi connectivity index (χ0) is 24.5. The molecule has 0 saturated carbocycles. The van der Waals surface area contributed by atoms with Crippen LogP contribution in [0.15, 0.2) is 56.9 Å². The van der Waals surface area contributed by atoms with Gasteiger partial charge >= 0.3 is 211 Å². The Morgan fingerprint density at radius 1 is 0.800 bits per heavy atom. The van der Waals surface area contributed by atoms with Gasteiger partial charge in [0.15, 0.2) is 0 Å². The van der Waals surface area contributed by atoms with Crippen LogP contribution in [0.5, 0.6) is 0 Å². The van der Waals surface area contributed by atoms with E-state index < -0.39 is 21.3 Å². The molecule has 2 aromatic rings. The molecule has 4 rings (SSSR count). The molecule has 1 unspecified atom stereocenters. The molecule has 35 heavy (non-hydrogen) atoms. The van der Waals surface area contributed by atoms with Crippen LogP contribution in [0.4, 0.5) is 0 Å². The fourth-order valence-corrected chi connectivity index (χ4v) is 12.9. The molecule has 3 heteroatoms. The quantitative estimate of drug-likeness (QED) is 0.518. The van der Waals surface area contributed by atoms with Gasteiger partial charge in [0.05, 0.1) is 0 Å². The molecule has 188 valence electrons. The van der Waals surface area contributed by atoms with Crippen LogP contribution in [0.2, 0.25) is 0 Å². The maximum absolute atomic E-state index is 5.04. The van der Waals surface area contributed by atoms with Gasteiger partial charge in [-0.25, -0.2) is 0 Å². The van der Waals surface area contributed by atoms with Crippen molar-refractivity contribution in [3.05, 3.63) is 79.2 Å². The average molecular weight is 589 g/mol. The normalized spacial score (nSPS) is 17.3. The molecule has 0 saturated heterocycles. The van der Waals surface area contributed by atoms with Gasteiger partial charge in [0, 0.05) is 0 Å². The second-order valence-electron chi connectivity index (χ2n) is 12.7. The zero-order valence-electron chi connectivity index (χ0n) is 23.2. The summed E-state index contributed by atoms with van der Waals surface area (Å²) in [6, 6.07) is 14.7. The van der Waals surface area contributed by atoms with E-state index in [0.717, 1.165) is 0 Å². The van der Waals surface area contributed by atoms with E-state index in [-0.39, 0.29) is 35.6 Å². The van der Waals surface area contributed by atoms with E-state index in [0.29, 0.717) is 15.5 Å². The molecule has 0 radical (unpaired) electrons. The predicted molar refractivity (Wildman–Crippen MR) is 143 cm³/mol. The van der Waals surface area contributed by atoms with Gasteiger partial charge in [-0.05, 0) is 0 Å². The van der Waals surface area contributed by atoms with Crippen LogP contribution in [0.25, 0.3) is 11.1 Å². The molecular weight excluding hydrogens is 546 g/mol. The van der Waals surface area contributed by atoms with E-state index >= 15 is 0 Å². The van der Waals surface area contributed by atoms with Crippen molar-refractivity contribution in [2.45, 2.75) is 83.7 Å². The third-order valence-corrected chi connectivity index (χ3v) is 14.8. The number of hydrogen-bond acceptors (Lipinski definition) is 0. The molecular formula is C32H42Cl2Zr. The first kappa shape index (κ1) is 30.5. The van der Waals surface area contributed by atoms with Gasteiger partial charge < -0.3 is 24.8 Å². The molecule has 0 fully saturated rings. The van der Waals surface area contributed by atoms with Crippen LogP contribution < -0.4 is 24.8 Å². The van der Waals surface area contributed by atoms with Gasteiger partial charge in [0.1, 0.15) is 0 Å². The Labute approximate surface area is 234 Å². The molecule has 2 aromatic carbocycles. The van der Waals surface area contributed by atoms with Crippen molar-refractivity contribution in [1.82, 2.24) is 0 Å². The smallest absolute Gasteiger partial charge is 1.00 e. The minimum Gasteiger partial charge on any atom is -1.00 e. The van der Waals surface area contributed by atoms with Crippen molar-refractivity contribution in [3.8, 4) is 11.1 Å². The van der Waals surface area contributed by atoms with Crippen LogP contribution in [0, 0.1) is 11.8 Å². The number of allylic oxidation sites excluding steroid dienone is 4. The zero-order valence-corrected chi connectivity index (χ0v) is 27.2. The third kappa shape index (κ3) is 5.44. The molecule has 0 heterocycles. The van der Waals surface area contributed by atoms with Crippen molar-refractivity contribution in [3.63, 3.8) is 0 Å². The van der Waals surface area contributed by atoms with Crippen LogP contribution in [-0.2, 0) is 32.1 Å². The summed E-state index contributed by atoms with van der Waals surface area (Å²) in [5.41, 5.74) is 12.3. The van der Waals surface area contributed by atoms with E-state index in [4.69, 9.17) is 4.21 Å². The second-order valence-corrected chi connectivity index (χ2v) is 18.0. The summed E-state index contributed by atoms with van der Waals surface area (Å²) in [5, 5.41) is 0. The van der Waals surface area contributed by atoms with Crippen molar-refractivity contribution in [1.29, 1.82) is 0 Å². The Morgan fingerprint density at radius 2 is 1.23 bits per heavy atom. The van der Waals surface area contributed by atoms with E-state index in [1.54, 1.807) is 25.6 Å². The van der Waals surface area contributed by atoms with E-state index in [2.05, 4.69) is 112 Å². The maximum atomic E-state index is 5.04. The summed E-state index contributed by atoms with van der Waals surface area (Å²) in [5.74, 6) is 1.14. The molecule has 0 spiro atoms. The SMILES string of the molecule is [CH2]=[Zr+2]([C]1=C(C)C(C(C)C)=CC1C)[CH]1c2ccc(C(C)(C)C)cc2-c2cc(C(C)(C)C)ccc21.[Cl-].[Cl-]. The van der Waals surface area contributed by atoms with Gasteiger partial charge in [-0.2, -0.15) is 0 Å². The topological polar surface area (TPSA) is 0 Å². The Morgan fingerprint density at radius 3 is 1.57 bits per heavy atom. The maximum Gasteiger partial charge on any atom is -1.00 e. The van der Waals surface area contributed by atoms with Crippen LogP contribution in [0.1, 0.15) is 95.1 Å². The fraction of sp³-hybridized carbons (Fsp3) is 0.469. The summed E-state index contributed by atoms with van der Waals surface area (Å²) in [6.07, 6.45) is 2.53. The van der Waals surface area contributed by atoms with Gasteiger partial charge in [0.2, 0.25) is 0 Å². The van der Waals surface area contributed by atoms with Crippen LogP contribution in [-0.4, -0.2) is 4.21 Å². The Kier molecular flexibility index (Phi) is 9.19. The molecule has 0 aliphatic heterocycles. The number of fused-ring (bicyclic) bond motifs is 3. The van der Waals surface area contributed by atoms with Crippen molar-refractivity contribution >= 4 is 4.21 Å². The van der Waals surface area contributed by atoms with E-state index in [9.17, 15) is 0 Å². The van der Waals surface area contributed by atoms with Crippen molar-refractivity contribution in [2.24, 2.45) is 11.8 Å². The second kappa shape index (κ2) is 10.6. The predicted octanol–water partition coefficient (Wildman–Crippen LogP) is 2.92. The molecule has 0 nitrogen and oxygen atoms in total. The minimum absolute atomic E-state index is 0. The number of rotatable bonds is 3. The molecule has 0 aromatic heterocycles. The monoisotopic (exact) mass is 586 g/mol. The third-order valence-electron chi connectivity index (χ3n) is 7.79. The Hall–Kier alpha value is -0.747. The van der Waals surface area contributed by atoms with E-state index in [1.165, 1.54) is 22.3 Å². The molecule has 2 aliphatic rings. The molecule has 2 aliphatic carbocycles. The fourth-order valence-electron chi connectivity index (χ4n) is 5.85. The first-order chi connectivity index (χ1) is 15.2. The van der Waals surface area contributed by atoms with Gasteiger partial charge in [-0.3, -0.25) is 0 Å². The number of halogens is 2.